The first-order chi connectivity index (χ1) is 8.43. The number of rotatable bonds is 2. The molecule has 3 aromatic rings. The number of para-hydroxylation sites is 1. The molecule has 2 heteroatoms. The standard InChI is InChI=1S/C16H12N.2CH3.Sc/c1-2-9-14(10-3-1)17-16-12-6-8-13-7-4-5-11-15(13)16;;;/h1-10,12,17H;2*1H3;/q3*-1;+3. The molecule has 3 aromatic carbocycles. The largest absolute Gasteiger partial charge is 3.00 e. The fourth-order valence-electron chi connectivity index (χ4n) is 1.93. The SMILES string of the molecule is [CH3-].[CH3-].[Sc+3].[c-]1cccc2cccc(Nc3ccccc3)c12. The summed E-state index contributed by atoms with van der Waals surface area (Å²) in [4.78, 5) is 0. The van der Waals surface area contributed by atoms with Gasteiger partial charge in [-0.1, -0.05) is 36.4 Å². The summed E-state index contributed by atoms with van der Waals surface area (Å²) in [6.45, 7) is 0. The Labute approximate surface area is 140 Å². The zero-order valence-electron chi connectivity index (χ0n) is 11.9. The maximum atomic E-state index is 3.42. The molecule has 0 aromatic heterocycles. The van der Waals surface area contributed by atoms with Gasteiger partial charge in [-0.15, -0.1) is 35.0 Å². The van der Waals surface area contributed by atoms with Crippen LogP contribution in [0.2, 0.25) is 0 Å². The molecule has 0 amide bonds. The monoisotopic (exact) mass is 293 g/mol. The molecule has 0 spiro atoms. The van der Waals surface area contributed by atoms with E-state index in [9.17, 15) is 0 Å². The van der Waals surface area contributed by atoms with Gasteiger partial charge in [-0.3, -0.25) is 0 Å². The molecule has 0 saturated heterocycles. The van der Waals surface area contributed by atoms with Crippen molar-refractivity contribution in [1.82, 2.24) is 0 Å². The Morgan fingerprint density at radius 2 is 1.45 bits per heavy atom. The number of nitrogens with one attached hydrogen (secondary N) is 1. The van der Waals surface area contributed by atoms with E-state index in [0.717, 1.165) is 16.8 Å². The second-order valence-electron chi connectivity index (χ2n) is 3.93. The van der Waals surface area contributed by atoms with Gasteiger partial charge in [0.15, 0.2) is 0 Å². The third-order valence-electron chi connectivity index (χ3n) is 2.75. The molecule has 0 heterocycles. The van der Waals surface area contributed by atoms with E-state index in [0.29, 0.717) is 0 Å². The summed E-state index contributed by atoms with van der Waals surface area (Å²) >= 11 is 0. The van der Waals surface area contributed by atoms with Crippen LogP contribution < -0.4 is 5.32 Å². The second-order valence-corrected chi connectivity index (χ2v) is 3.93. The molecule has 0 radical (unpaired) electrons. The average Bonchev–Trinajstić information content (AvgIpc) is 2.40. The van der Waals surface area contributed by atoms with Gasteiger partial charge in [-0.2, -0.15) is 0 Å². The summed E-state index contributed by atoms with van der Waals surface area (Å²) < 4.78 is 0. The van der Waals surface area contributed by atoms with E-state index in [4.69, 9.17) is 0 Å². The molecule has 3 rings (SSSR count). The fraction of sp³-hybridized carbons (Fsp3) is 0. The van der Waals surface area contributed by atoms with Crippen LogP contribution in [0.1, 0.15) is 0 Å². The van der Waals surface area contributed by atoms with E-state index >= 15 is 0 Å². The average molecular weight is 293 g/mol. The number of fused-ring (bicyclic) bond motifs is 1. The van der Waals surface area contributed by atoms with Crippen molar-refractivity contribution in [2.45, 2.75) is 0 Å². The van der Waals surface area contributed by atoms with E-state index in [1.54, 1.807) is 0 Å². The molecule has 0 unspecified atom stereocenters. The van der Waals surface area contributed by atoms with Gasteiger partial charge in [0.2, 0.25) is 0 Å². The predicted molar refractivity (Wildman–Crippen MR) is 85.3 cm³/mol. The van der Waals surface area contributed by atoms with Crippen LogP contribution in [0, 0.1) is 20.9 Å². The minimum Gasteiger partial charge on any atom is -0.395 e. The molecule has 0 saturated carbocycles. The minimum atomic E-state index is 0. The Hall–Kier alpha value is -1.41. The topological polar surface area (TPSA) is 12.0 Å². The van der Waals surface area contributed by atoms with Crippen molar-refractivity contribution in [1.29, 1.82) is 0 Å². The predicted octanol–water partition coefficient (Wildman–Crippen LogP) is 5.28. The normalized spacial score (nSPS) is 8.80. The summed E-state index contributed by atoms with van der Waals surface area (Å²) in [5, 5.41) is 5.74. The number of hydrogen-bond acceptors (Lipinski definition) is 1. The number of hydrogen-bond donors (Lipinski definition) is 1. The van der Waals surface area contributed by atoms with Gasteiger partial charge < -0.3 is 20.2 Å². The maximum Gasteiger partial charge on any atom is 3.00 e. The molecule has 20 heavy (non-hydrogen) atoms. The molecular formula is C18H18NSc. The smallest absolute Gasteiger partial charge is 0.395 e. The Morgan fingerprint density at radius 3 is 2.20 bits per heavy atom. The van der Waals surface area contributed by atoms with Gasteiger partial charge in [0, 0.05) is 5.69 Å². The Morgan fingerprint density at radius 1 is 0.750 bits per heavy atom. The van der Waals surface area contributed by atoms with Crippen LogP contribution in [0.15, 0.2) is 66.7 Å². The number of benzene rings is 3. The van der Waals surface area contributed by atoms with Gasteiger partial charge in [-0.25, -0.2) is 0 Å². The molecule has 0 bridgehead atoms. The Kier molecular flexibility index (Phi) is 8.09. The van der Waals surface area contributed by atoms with Crippen LogP contribution >= 0.6 is 0 Å². The first kappa shape index (κ1) is 18.6. The van der Waals surface area contributed by atoms with Crippen LogP contribution in [-0.2, 0) is 25.8 Å². The zero-order chi connectivity index (χ0) is 11.5. The zero-order valence-corrected chi connectivity index (χ0v) is 13.7. The molecule has 0 aliphatic carbocycles. The van der Waals surface area contributed by atoms with E-state index in [2.05, 4.69) is 47.8 Å². The Bertz CT molecular complexity index is 630. The van der Waals surface area contributed by atoms with Crippen LogP contribution in [0.3, 0.4) is 0 Å². The van der Waals surface area contributed by atoms with E-state index < -0.39 is 0 Å². The quantitative estimate of drug-likeness (QED) is 0.634. The maximum absolute atomic E-state index is 3.42. The summed E-state index contributed by atoms with van der Waals surface area (Å²) in [6.07, 6.45) is 0. The summed E-state index contributed by atoms with van der Waals surface area (Å²) in [6, 6.07) is 25.7. The minimum absolute atomic E-state index is 0. The van der Waals surface area contributed by atoms with Crippen molar-refractivity contribution in [3.8, 4) is 0 Å². The third-order valence-corrected chi connectivity index (χ3v) is 2.75. The van der Waals surface area contributed by atoms with Gasteiger partial charge >= 0.3 is 25.8 Å². The van der Waals surface area contributed by atoms with Gasteiger partial charge in [0.05, 0.1) is 0 Å². The molecule has 0 aliphatic heterocycles. The van der Waals surface area contributed by atoms with Gasteiger partial charge in [0.1, 0.15) is 0 Å². The summed E-state index contributed by atoms with van der Waals surface area (Å²) in [7, 11) is 0. The van der Waals surface area contributed by atoms with E-state index in [-0.39, 0.29) is 40.7 Å². The van der Waals surface area contributed by atoms with Crippen molar-refractivity contribution in [3.05, 3.63) is 87.6 Å². The molecule has 0 fully saturated rings. The van der Waals surface area contributed by atoms with Crippen molar-refractivity contribution in [3.63, 3.8) is 0 Å². The Balaban J connectivity index is 0.00000120. The molecule has 0 aliphatic rings. The molecule has 1 N–H and O–H groups in total. The first-order valence-electron chi connectivity index (χ1n) is 5.65. The van der Waals surface area contributed by atoms with Gasteiger partial charge in [-0.05, 0) is 17.8 Å². The van der Waals surface area contributed by atoms with Crippen LogP contribution in [-0.4, -0.2) is 0 Å². The second kappa shape index (κ2) is 8.70. The van der Waals surface area contributed by atoms with E-state index in [1.807, 2.05) is 30.3 Å². The van der Waals surface area contributed by atoms with Crippen molar-refractivity contribution in [2.24, 2.45) is 0 Å². The summed E-state index contributed by atoms with van der Waals surface area (Å²) in [5.74, 6) is 0. The van der Waals surface area contributed by atoms with Gasteiger partial charge in [0.25, 0.3) is 0 Å². The number of anilines is 2. The molecule has 1 nitrogen and oxygen atoms in total. The van der Waals surface area contributed by atoms with Crippen molar-refractivity contribution in [2.75, 3.05) is 5.32 Å². The van der Waals surface area contributed by atoms with Crippen molar-refractivity contribution >= 4 is 22.1 Å². The van der Waals surface area contributed by atoms with Crippen LogP contribution in [0.25, 0.3) is 10.8 Å². The fourth-order valence-corrected chi connectivity index (χ4v) is 1.93. The molecule has 0 atom stereocenters. The van der Waals surface area contributed by atoms with Crippen LogP contribution in [0.5, 0.6) is 0 Å². The first-order valence-corrected chi connectivity index (χ1v) is 5.65. The molecule has 98 valence electrons. The third kappa shape index (κ3) is 4.04. The molecular weight excluding hydrogens is 275 g/mol. The van der Waals surface area contributed by atoms with Crippen molar-refractivity contribution < 1.29 is 25.8 Å². The van der Waals surface area contributed by atoms with E-state index in [1.165, 1.54) is 5.39 Å². The summed E-state index contributed by atoms with van der Waals surface area (Å²) in [5.41, 5.74) is 2.19. The van der Waals surface area contributed by atoms with Crippen LogP contribution in [0.4, 0.5) is 11.4 Å².